The van der Waals surface area contributed by atoms with Gasteiger partial charge in [0.05, 0.1) is 11.7 Å². The van der Waals surface area contributed by atoms with E-state index in [1.54, 1.807) is 11.8 Å². The number of carbonyl (C=O) groups is 1. The number of hydrogen-bond acceptors (Lipinski definition) is 4. The van der Waals surface area contributed by atoms with E-state index in [9.17, 15) is 4.79 Å². The molecule has 5 atom stereocenters. The van der Waals surface area contributed by atoms with E-state index in [1.807, 2.05) is 6.92 Å². The summed E-state index contributed by atoms with van der Waals surface area (Å²) in [7, 11) is 0. The summed E-state index contributed by atoms with van der Waals surface area (Å²) >= 11 is 1.71. The van der Waals surface area contributed by atoms with Crippen LogP contribution in [0.4, 0.5) is 0 Å². The van der Waals surface area contributed by atoms with Crippen molar-refractivity contribution in [3.63, 3.8) is 0 Å². The lowest BCUT2D eigenvalue weighted by Gasteiger charge is -2.28. The molecule has 2 heterocycles. The number of allylic oxidation sites excluding steroid dienone is 1. The first-order valence-corrected chi connectivity index (χ1v) is 11.5. The van der Waals surface area contributed by atoms with Gasteiger partial charge in [0.25, 0.3) is 5.91 Å². The van der Waals surface area contributed by atoms with E-state index >= 15 is 0 Å². The molecular weight excluding hydrogens is 358 g/mol. The fourth-order valence-corrected chi connectivity index (χ4v) is 7.00. The SMILES string of the molecule is C=C(C)CC1(CCOC2CCCCO2)SC(C[C@H]2C[C@@H]3CC[C@H]2C3)=NC1=O. The van der Waals surface area contributed by atoms with E-state index in [0.29, 0.717) is 19.4 Å². The highest BCUT2D eigenvalue weighted by molar-refractivity contribution is 8.16. The van der Waals surface area contributed by atoms with Gasteiger partial charge in [0.1, 0.15) is 4.75 Å². The molecule has 1 amide bonds. The largest absolute Gasteiger partial charge is 0.353 e. The van der Waals surface area contributed by atoms with Gasteiger partial charge in [-0.2, -0.15) is 0 Å². The standard InChI is InChI=1S/C22H33NO3S/c1-15(2)14-22(8-10-26-20-5-3-4-9-25-20)21(24)23-19(27-22)13-18-12-16-6-7-17(18)11-16/h16-18,20H,1,3-14H2,2H3/t16-,17+,18-,20?,22?/m1/s1. The van der Waals surface area contributed by atoms with Crippen LogP contribution in [-0.2, 0) is 14.3 Å². The molecule has 0 N–H and O–H groups in total. The molecule has 150 valence electrons. The van der Waals surface area contributed by atoms with Crippen molar-refractivity contribution in [2.75, 3.05) is 13.2 Å². The molecule has 2 saturated carbocycles. The Kier molecular flexibility index (Phi) is 6.10. The first kappa shape index (κ1) is 19.7. The van der Waals surface area contributed by atoms with Crippen LogP contribution in [0.2, 0.25) is 0 Å². The first-order chi connectivity index (χ1) is 13.0. The predicted octanol–water partition coefficient (Wildman–Crippen LogP) is 5.12. The summed E-state index contributed by atoms with van der Waals surface area (Å²) in [5.74, 6) is 2.58. The second-order valence-electron chi connectivity index (χ2n) is 9.10. The third-order valence-corrected chi connectivity index (χ3v) is 8.19. The molecule has 1 saturated heterocycles. The van der Waals surface area contributed by atoms with Crippen LogP contribution in [0.1, 0.15) is 71.1 Å². The van der Waals surface area contributed by atoms with Gasteiger partial charge in [-0.15, -0.1) is 6.58 Å². The summed E-state index contributed by atoms with van der Waals surface area (Å²) in [6.45, 7) is 7.42. The zero-order valence-corrected chi connectivity index (χ0v) is 17.4. The number of aliphatic imine (C=N–C) groups is 1. The average Bonchev–Trinajstić information content (AvgIpc) is 3.31. The summed E-state index contributed by atoms with van der Waals surface area (Å²) in [5.41, 5.74) is 1.04. The van der Waals surface area contributed by atoms with E-state index in [-0.39, 0.29) is 12.2 Å². The Hall–Kier alpha value is -0.650. The van der Waals surface area contributed by atoms with Crippen LogP contribution in [0, 0.1) is 17.8 Å². The van der Waals surface area contributed by atoms with Crippen LogP contribution in [0.25, 0.3) is 0 Å². The molecule has 3 fully saturated rings. The molecule has 4 aliphatic rings. The maximum Gasteiger partial charge on any atom is 0.263 e. The van der Waals surface area contributed by atoms with Crippen molar-refractivity contribution in [3.05, 3.63) is 12.2 Å². The van der Waals surface area contributed by atoms with Crippen molar-refractivity contribution in [2.24, 2.45) is 22.7 Å². The van der Waals surface area contributed by atoms with Gasteiger partial charge in [0, 0.05) is 6.61 Å². The maximum atomic E-state index is 12.9. The van der Waals surface area contributed by atoms with Crippen LogP contribution in [-0.4, -0.2) is 35.2 Å². The van der Waals surface area contributed by atoms with Crippen molar-refractivity contribution in [1.29, 1.82) is 0 Å². The van der Waals surface area contributed by atoms with Crippen LogP contribution in [0.5, 0.6) is 0 Å². The Morgan fingerprint density at radius 1 is 1.33 bits per heavy atom. The van der Waals surface area contributed by atoms with Crippen LogP contribution in [0.3, 0.4) is 0 Å². The Bertz CT molecular complexity index is 613. The number of hydrogen-bond donors (Lipinski definition) is 0. The topological polar surface area (TPSA) is 47.9 Å². The summed E-state index contributed by atoms with van der Waals surface area (Å²) in [6.07, 6.45) is 11.1. The average molecular weight is 392 g/mol. The first-order valence-electron chi connectivity index (χ1n) is 10.7. The van der Waals surface area contributed by atoms with E-state index in [2.05, 4.69) is 11.6 Å². The predicted molar refractivity (Wildman–Crippen MR) is 110 cm³/mol. The fraction of sp³-hybridized carbons (Fsp3) is 0.818. The minimum absolute atomic E-state index is 0.0295. The van der Waals surface area contributed by atoms with Gasteiger partial charge in [-0.3, -0.25) is 4.79 Å². The molecule has 0 radical (unpaired) electrons. The fourth-order valence-electron chi connectivity index (χ4n) is 5.49. The minimum atomic E-state index is -0.506. The molecule has 5 heteroatoms. The zero-order chi connectivity index (χ0) is 18.9. The minimum Gasteiger partial charge on any atom is -0.353 e. The summed E-state index contributed by atoms with van der Waals surface area (Å²) < 4.78 is 11.1. The molecule has 0 aromatic rings. The quantitative estimate of drug-likeness (QED) is 0.539. The normalized spacial score (nSPS) is 38.4. The van der Waals surface area contributed by atoms with Gasteiger partial charge in [0.15, 0.2) is 6.29 Å². The van der Waals surface area contributed by atoms with Crippen molar-refractivity contribution in [2.45, 2.75) is 82.2 Å². The molecule has 0 aromatic heterocycles. The van der Waals surface area contributed by atoms with E-state index < -0.39 is 4.75 Å². The van der Waals surface area contributed by atoms with Gasteiger partial charge in [0.2, 0.25) is 0 Å². The van der Waals surface area contributed by atoms with Gasteiger partial charge < -0.3 is 9.47 Å². The maximum absolute atomic E-state index is 12.9. The lowest BCUT2D eigenvalue weighted by atomic mass is 9.87. The highest BCUT2D eigenvalue weighted by Gasteiger charge is 2.47. The smallest absolute Gasteiger partial charge is 0.263 e. The Labute approximate surface area is 167 Å². The highest BCUT2D eigenvalue weighted by atomic mass is 32.2. The van der Waals surface area contributed by atoms with E-state index in [0.717, 1.165) is 60.7 Å². The molecular formula is C22H33NO3S. The van der Waals surface area contributed by atoms with Crippen molar-refractivity contribution in [3.8, 4) is 0 Å². The van der Waals surface area contributed by atoms with Gasteiger partial charge in [-0.05, 0) is 82.5 Å². The molecule has 0 aromatic carbocycles. The number of nitrogens with zero attached hydrogens (tertiary/aromatic N) is 1. The molecule has 2 unspecified atom stereocenters. The number of ether oxygens (including phenoxy) is 2. The van der Waals surface area contributed by atoms with Crippen molar-refractivity contribution >= 4 is 22.7 Å². The zero-order valence-electron chi connectivity index (χ0n) is 16.6. The Morgan fingerprint density at radius 2 is 2.22 bits per heavy atom. The molecule has 4 rings (SSSR count). The third-order valence-electron chi connectivity index (χ3n) is 6.79. The lowest BCUT2D eigenvalue weighted by Crippen LogP contribution is -2.34. The molecule has 2 bridgehead atoms. The monoisotopic (exact) mass is 391 g/mol. The highest BCUT2D eigenvalue weighted by Crippen LogP contribution is 2.52. The number of fused-ring (bicyclic) bond motifs is 2. The number of rotatable bonds is 8. The van der Waals surface area contributed by atoms with E-state index in [4.69, 9.17) is 9.47 Å². The second kappa shape index (κ2) is 8.38. The summed E-state index contributed by atoms with van der Waals surface area (Å²) in [6, 6.07) is 0. The molecule has 0 spiro atoms. The number of thioether (sulfide) groups is 1. The van der Waals surface area contributed by atoms with Gasteiger partial charge in [-0.1, -0.05) is 23.8 Å². The second-order valence-corrected chi connectivity index (χ2v) is 10.6. The van der Waals surface area contributed by atoms with Gasteiger partial charge >= 0.3 is 0 Å². The lowest BCUT2D eigenvalue weighted by molar-refractivity contribution is -0.164. The Morgan fingerprint density at radius 3 is 2.89 bits per heavy atom. The van der Waals surface area contributed by atoms with Crippen molar-refractivity contribution in [1.82, 2.24) is 0 Å². The van der Waals surface area contributed by atoms with Crippen LogP contribution >= 0.6 is 11.8 Å². The molecule has 27 heavy (non-hydrogen) atoms. The number of amides is 1. The molecule has 2 aliphatic carbocycles. The van der Waals surface area contributed by atoms with Crippen LogP contribution < -0.4 is 0 Å². The summed E-state index contributed by atoms with van der Waals surface area (Å²) in [4.78, 5) is 17.4. The summed E-state index contributed by atoms with van der Waals surface area (Å²) in [5, 5.41) is 1.06. The third kappa shape index (κ3) is 4.51. The van der Waals surface area contributed by atoms with Crippen molar-refractivity contribution < 1.29 is 14.3 Å². The van der Waals surface area contributed by atoms with E-state index in [1.165, 1.54) is 25.7 Å². The van der Waals surface area contributed by atoms with Crippen LogP contribution in [0.15, 0.2) is 17.1 Å². The van der Waals surface area contributed by atoms with Gasteiger partial charge in [-0.25, -0.2) is 4.99 Å². The molecule has 4 nitrogen and oxygen atoms in total. The number of carbonyl (C=O) groups excluding carboxylic acids is 1. The molecule has 2 aliphatic heterocycles. The Balaban J connectivity index is 1.34.